The van der Waals surface area contributed by atoms with Crippen LogP contribution in [0, 0.1) is 0 Å². The van der Waals surface area contributed by atoms with E-state index in [0.717, 1.165) is 0 Å². The fourth-order valence-corrected chi connectivity index (χ4v) is 9.78. The van der Waals surface area contributed by atoms with E-state index >= 15 is 0 Å². The zero-order valence-electron chi connectivity index (χ0n) is 28.0. The highest BCUT2D eigenvalue weighted by Crippen LogP contribution is 2.58. The normalized spacial score (nSPS) is 16.4. The highest BCUT2D eigenvalue weighted by molar-refractivity contribution is 7.26. The van der Waals surface area contributed by atoms with Gasteiger partial charge in [-0.05, 0) is 92.2 Å². The molecule has 0 bridgehead atoms. The van der Waals surface area contributed by atoms with Crippen molar-refractivity contribution in [3.05, 3.63) is 150 Å². The molecule has 0 fully saturated rings. The molecule has 7 aromatic rings. The quantitative estimate of drug-likeness (QED) is 0.189. The van der Waals surface area contributed by atoms with Gasteiger partial charge in [0.25, 0.3) is 0 Å². The Kier molecular flexibility index (Phi) is 5.88. The summed E-state index contributed by atoms with van der Waals surface area (Å²) < 4.78 is 2.76. The topological polar surface area (TPSA) is 3.24 Å². The van der Waals surface area contributed by atoms with E-state index in [1.54, 1.807) is 0 Å². The molecule has 9 rings (SSSR count). The molecule has 0 unspecified atom stereocenters. The molecule has 2 aliphatic carbocycles. The molecule has 6 aromatic carbocycles. The van der Waals surface area contributed by atoms with E-state index in [4.69, 9.17) is 0 Å². The minimum atomic E-state index is -0.0976. The van der Waals surface area contributed by atoms with E-state index in [1.165, 1.54) is 81.7 Å². The average molecular weight is 626 g/mol. The number of anilines is 3. The lowest BCUT2D eigenvalue weighted by Crippen LogP contribution is -2.43. The van der Waals surface area contributed by atoms with Crippen molar-refractivity contribution in [3.63, 3.8) is 0 Å². The van der Waals surface area contributed by atoms with Crippen molar-refractivity contribution < 1.29 is 0 Å². The van der Waals surface area contributed by atoms with Crippen LogP contribution in [0.2, 0.25) is 0 Å². The van der Waals surface area contributed by atoms with Crippen LogP contribution in [0.4, 0.5) is 17.1 Å². The molecule has 0 amide bonds. The number of hydrogen-bond acceptors (Lipinski definition) is 2. The maximum atomic E-state index is 2.49. The lowest BCUT2D eigenvalue weighted by atomic mass is 9.55. The van der Waals surface area contributed by atoms with Crippen LogP contribution in [0.5, 0.6) is 0 Å². The van der Waals surface area contributed by atoms with Crippen molar-refractivity contribution >= 4 is 48.6 Å². The summed E-state index contributed by atoms with van der Waals surface area (Å²) in [4.78, 5) is 2.46. The van der Waals surface area contributed by atoms with E-state index in [9.17, 15) is 0 Å². The van der Waals surface area contributed by atoms with Gasteiger partial charge in [-0.3, -0.25) is 0 Å². The standard InChI is InChI=1S/C45H39NS/c1-43(2)36-18-12-10-16-31(36)32-22-20-29(26-38(32)43)46(28-14-8-7-9-15-28)30-21-23-35-39(27-30)45(5,6)44(3,4)37-25-24-34-33-17-11-13-19-40(33)47-42(34)41(35)37/h7-27H,1-6H3. The van der Waals surface area contributed by atoms with Crippen LogP contribution >= 0.6 is 11.3 Å². The second kappa shape index (κ2) is 9.69. The molecule has 0 aliphatic heterocycles. The van der Waals surface area contributed by atoms with Crippen molar-refractivity contribution in [2.75, 3.05) is 4.90 Å². The summed E-state index contributed by atoms with van der Waals surface area (Å²) in [5, 5.41) is 2.72. The number of nitrogens with zero attached hydrogens (tertiary/aromatic N) is 1. The number of para-hydroxylation sites is 1. The molecule has 230 valence electrons. The van der Waals surface area contributed by atoms with Crippen LogP contribution in [0.25, 0.3) is 42.4 Å². The van der Waals surface area contributed by atoms with Gasteiger partial charge in [0.2, 0.25) is 0 Å². The van der Waals surface area contributed by atoms with E-state index in [-0.39, 0.29) is 16.2 Å². The van der Waals surface area contributed by atoms with Gasteiger partial charge in [-0.1, -0.05) is 126 Å². The molecule has 1 nitrogen and oxygen atoms in total. The Morgan fingerprint density at radius 3 is 1.85 bits per heavy atom. The largest absolute Gasteiger partial charge is 0.310 e. The molecule has 0 atom stereocenters. The van der Waals surface area contributed by atoms with Crippen molar-refractivity contribution in [2.45, 2.75) is 57.8 Å². The lowest BCUT2D eigenvalue weighted by molar-refractivity contribution is 0.299. The number of fused-ring (bicyclic) bond motifs is 10. The first kappa shape index (κ1) is 28.6. The Morgan fingerprint density at radius 2 is 1.06 bits per heavy atom. The number of thiophene rings is 1. The predicted molar refractivity (Wildman–Crippen MR) is 203 cm³/mol. The second-order valence-electron chi connectivity index (χ2n) is 15.0. The Hall–Kier alpha value is -4.66. The minimum absolute atomic E-state index is 0.0640. The molecule has 2 heteroatoms. The third kappa shape index (κ3) is 3.82. The lowest BCUT2D eigenvalue weighted by Gasteiger charge is -2.48. The molecule has 2 aliphatic rings. The van der Waals surface area contributed by atoms with Crippen molar-refractivity contribution in [1.29, 1.82) is 0 Å². The maximum absolute atomic E-state index is 2.49. The molecule has 0 spiro atoms. The minimum Gasteiger partial charge on any atom is -0.310 e. The summed E-state index contributed by atoms with van der Waals surface area (Å²) in [6.45, 7) is 14.5. The summed E-state index contributed by atoms with van der Waals surface area (Å²) in [6, 6.07) is 47.8. The van der Waals surface area contributed by atoms with Crippen molar-refractivity contribution in [3.8, 4) is 22.3 Å². The summed E-state index contributed by atoms with van der Waals surface area (Å²) in [5.41, 5.74) is 14.4. The molecule has 1 aromatic heterocycles. The van der Waals surface area contributed by atoms with E-state index in [1.807, 2.05) is 11.3 Å². The first-order valence-electron chi connectivity index (χ1n) is 16.8. The van der Waals surface area contributed by atoms with Gasteiger partial charge in [0.1, 0.15) is 0 Å². The van der Waals surface area contributed by atoms with Crippen molar-refractivity contribution in [1.82, 2.24) is 0 Å². The molecule has 0 N–H and O–H groups in total. The fraction of sp³-hybridized carbons (Fsp3) is 0.200. The Labute approximate surface area is 282 Å². The van der Waals surface area contributed by atoms with Gasteiger partial charge >= 0.3 is 0 Å². The number of benzene rings is 6. The third-order valence-corrected chi connectivity index (χ3v) is 13.0. The van der Waals surface area contributed by atoms with E-state index in [2.05, 4.69) is 174 Å². The third-order valence-electron chi connectivity index (χ3n) is 11.8. The van der Waals surface area contributed by atoms with Gasteiger partial charge in [0, 0.05) is 48.2 Å². The Bertz CT molecular complexity index is 2390. The van der Waals surface area contributed by atoms with Gasteiger partial charge in [-0.15, -0.1) is 11.3 Å². The summed E-state index contributed by atoms with van der Waals surface area (Å²) in [7, 11) is 0. The Morgan fingerprint density at radius 1 is 0.447 bits per heavy atom. The first-order valence-corrected chi connectivity index (χ1v) is 17.6. The predicted octanol–water partition coefficient (Wildman–Crippen LogP) is 13.1. The zero-order valence-corrected chi connectivity index (χ0v) is 28.8. The second-order valence-corrected chi connectivity index (χ2v) is 16.1. The van der Waals surface area contributed by atoms with Gasteiger partial charge in [-0.2, -0.15) is 0 Å². The van der Waals surface area contributed by atoms with Gasteiger partial charge in [-0.25, -0.2) is 0 Å². The molecular weight excluding hydrogens is 587 g/mol. The summed E-state index contributed by atoms with van der Waals surface area (Å²) >= 11 is 1.94. The number of hydrogen-bond donors (Lipinski definition) is 0. The zero-order chi connectivity index (χ0) is 32.3. The highest BCUT2D eigenvalue weighted by atomic mass is 32.1. The van der Waals surface area contributed by atoms with Crippen LogP contribution in [0.3, 0.4) is 0 Å². The van der Waals surface area contributed by atoms with Crippen LogP contribution < -0.4 is 4.90 Å². The van der Waals surface area contributed by atoms with Gasteiger partial charge in [0.05, 0.1) is 0 Å². The van der Waals surface area contributed by atoms with Crippen molar-refractivity contribution in [2.24, 2.45) is 0 Å². The SMILES string of the molecule is CC1(C)c2ccccc2-c2ccc(N(c3ccccc3)c3ccc4c(c3)C(C)(C)C(C)(C)c3ccc5c(sc6ccccc65)c3-4)cc21. The maximum Gasteiger partial charge on any atom is 0.0465 e. The molecule has 1 heterocycles. The van der Waals surface area contributed by atoms with Crippen LogP contribution in [0.1, 0.15) is 63.8 Å². The van der Waals surface area contributed by atoms with E-state index in [0.29, 0.717) is 0 Å². The monoisotopic (exact) mass is 625 g/mol. The average Bonchev–Trinajstić information content (AvgIpc) is 3.57. The molecule has 0 saturated carbocycles. The molecule has 0 radical (unpaired) electrons. The summed E-state index contributed by atoms with van der Waals surface area (Å²) in [6.07, 6.45) is 0. The highest BCUT2D eigenvalue weighted by Gasteiger charge is 2.47. The van der Waals surface area contributed by atoms with Gasteiger partial charge in [0.15, 0.2) is 0 Å². The molecular formula is C45H39NS. The fourth-order valence-electron chi connectivity index (χ4n) is 8.51. The van der Waals surface area contributed by atoms with E-state index < -0.39 is 0 Å². The smallest absolute Gasteiger partial charge is 0.0465 e. The van der Waals surface area contributed by atoms with Crippen LogP contribution in [-0.2, 0) is 16.2 Å². The van der Waals surface area contributed by atoms with Crippen LogP contribution in [-0.4, -0.2) is 0 Å². The van der Waals surface area contributed by atoms with Gasteiger partial charge < -0.3 is 4.90 Å². The first-order chi connectivity index (χ1) is 22.6. The Balaban J connectivity index is 1.27. The molecule has 0 saturated heterocycles. The molecule has 47 heavy (non-hydrogen) atoms. The summed E-state index contributed by atoms with van der Waals surface area (Å²) in [5.74, 6) is 0. The van der Waals surface area contributed by atoms with Crippen LogP contribution in [0.15, 0.2) is 127 Å². The number of rotatable bonds is 3.